The van der Waals surface area contributed by atoms with E-state index in [0.29, 0.717) is 0 Å². The second kappa shape index (κ2) is 8.56. The van der Waals surface area contributed by atoms with Crippen molar-refractivity contribution in [2.24, 2.45) is 17.8 Å². The predicted molar refractivity (Wildman–Crippen MR) is 146 cm³/mol. The maximum Gasteiger partial charge on any atom is 2.00 e. The van der Waals surface area contributed by atoms with Crippen LogP contribution in [0.3, 0.4) is 0 Å². The second-order valence-electron chi connectivity index (χ2n) is 10.2. The molecule has 8 bridgehead atoms. The summed E-state index contributed by atoms with van der Waals surface area (Å²) in [5, 5.41) is 6.82. The fourth-order valence-electron chi connectivity index (χ4n) is 5.70. The van der Waals surface area contributed by atoms with Crippen LogP contribution in [0.1, 0.15) is 76.2 Å². The molecular formula is C30H28MgN4O-2. The Morgan fingerprint density at radius 3 is 2.33 bits per heavy atom. The minimum absolute atomic E-state index is 0. The number of nitrogens with zero attached hydrogens (tertiary/aromatic N) is 4. The molecule has 0 saturated carbocycles. The Morgan fingerprint density at radius 1 is 0.889 bits per heavy atom. The van der Waals surface area contributed by atoms with Crippen molar-refractivity contribution in [1.29, 1.82) is 0 Å². The summed E-state index contributed by atoms with van der Waals surface area (Å²) in [6.07, 6.45) is 7.98. The maximum absolute atomic E-state index is 13.4. The van der Waals surface area contributed by atoms with E-state index in [1.54, 1.807) is 0 Å². The predicted octanol–water partition coefficient (Wildman–Crippen LogP) is 3.96. The van der Waals surface area contributed by atoms with E-state index in [2.05, 4.69) is 46.4 Å². The molecule has 1 saturated heterocycles. The normalized spacial score (nSPS) is 27.3. The molecular weight excluding hydrogens is 457 g/mol. The topological polar surface area (TPSA) is 73.5 Å². The average Bonchev–Trinajstić information content (AvgIpc) is 3.54. The number of hydrogen-bond donors (Lipinski definition) is 0. The summed E-state index contributed by atoms with van der Waals surface area (Å²) < 4.78 is 0. The number of rotatable bonds is 1. The van der Waals surface area contributed by atoms with E-state index in [0.717, 1.165) is 78.3 Å². The average molecular weight is 485 g/mol. The monoisotopic (exact) mass is 484 g/mol. The summed E-state index contributed by atoms with van der Waals surface area (Å²) in [4.78, 5) is 28.2. The van der Waals surface area contributed by atoms with E-state index in [1.807, 2.05) is 32.1 Å². The van der Waals surface area contributed by atoms with Crippen LogP contribution in [-0.2, 0) is 0 Å². The van der Waals surface area contributed by atoms with Gasteiger partial charge in [0.15, 0.2) is 5.78 Å². The molecule has 3 aromatic rings. The first-order valence-corrected chi connectivity index (χ1v) is 12.2. The third-order valence-electron chi connectivity index (χ3n) is 8.10. The zero-order chi connectivity index (χ0) is 24.8. The van der Waals surface area contributed by atoms with Gasteiger partial charge in [-0.15, -0.1) is 33.5 Å². The Hall–Kier alpha value is -2.96. The number of carbonyl (C=O) groups is 1. The summed E-state index contributed by atoms with van der Waals surface area (Å²) in [5.74, 6) is 0.276. The van der Waals surface area contributed by atoms with Crippen LogP contribution in [0.25, 0.3) is 35.2 Å². The van der Waals surface area contributed by atoms with Crippen LogP contribution in [0.2, 0.25) is 0 Å². The first-order valence-electron chi connectivity index (χ1n) is 12.2. The standard InChI is InChI=1S/C30H29N4O.Mg/c1-8-20-16(5)24-12-23-14(3)15(4)28(33-23)26-18(7)30(35)27-17(6)22(34-29(26)27)10-19-9-13(2)21(31-19)11-25(20)32-24;/h8-12,14-15,18H,1H2,2-7H3,(H-,33,34,35);/q-3;+2/p-1/b19-10-,21-11-,23-12-;/t14-,15-,18+;/m0./s1. The van der Waals surface area contributed by atoms with Crippen molar-refractivity contribution in [3.8, 4) is 0 Å². The molecule has 1 aliphatic carbocycles. The minimum Gasteiger partial charge on any atom is -0.664 e. The van der Waals surface area contributed by atoms with E-state index in [-0.39, 0.29) is 46.6 Å². The van der Waals surface area contributed by atoms with Gasteiger partial charge in [0.1, 0.15) is 0 Å². The number of fused-ring (bicyclic) bond motifs is 7. The van der Waals surface area contributed by atoms with Crippen molar-refractivity contribution in [2.75, 3.05) is 0 Å². The molecule has 2 aliphatic heterocycles. The molecule has 6 heteroatoms. The van der Waals surface area contributed by atoms with Crippen molar-refractivity contribution >= 4 is 58.7 Å². The Morgan fingerprint density at radius 2 is 1.61 bits per heavy atom. The molecule has 0 aromatic carbocycles. The van der Waals surface area contributed by atoms with Gasteiger partial charge in [-0.1, -0.05) is 80.0 Å². The number of allylic oxidation sites excluding steroid dienone is 3. The van der Waals surface area contributed by atoms with E-state index < -0.39 is 0 Å². The van der Waals surface area contributed by atoms with Crippen LogP contribution in [0, 0.1) is 38.5 Å². The fraction of sp³-hybridized carbons (Fsp3) is 0.300. The van der Waals surface area contributed by atoms with E-state index in [1.165, 1.54) is 0 Å². The molecule has 3 aliphatic rings. The van der Waals surface area contributed by atoms with Crippen molar-refractivity contribution in [2.45, 2.75) is 41.5 Å². The fourth-order valence-corrected chi connectivity index (χ4v) is 5.70. The van der Waals surface area contributed by atoms with Gasteiger partial charge in [-0.05, 0) is 38.2 Å². The SMILES string of the molecule is C=Cc1c2[n-]c(c1C)/C=C1\[N-]/C(=C3\c4[n-]c(c(C)c4C(=O)[C@@H]3C)/C=c3/cc(C)/c([n-]3)=C/2)[C@@H](C)[C@@H]1C.[Mg+2]. The summed E-state index contributed by atoms with van der Waals surface area (Å²) >= 11 is 0. The van der Waals surface area contributed by atoms with Gasteiger partial charge in [0.2, 0.25) is 0 Å². The van der Waals surface area contributed by atoms with Gasteiger partial charge in [-0.25, -0.2) is 0 Å². The molecule has 0 N–H and O–H groups in total. The van der Waals surface area contributed by atoms with Crippen LogP contribution in [-0.4, -0.2) is 28.8 Å². The summed E-state index contributed by atoms with van der Waals surface area (Å²) in [7, 11) is 0. The van der Waals surface area contributed by atoms with Gasteiger partial charge in [0, 0.05) is 11.5 Å². The number of aromatic nitrogens is 3. The van der Waals surface area contributed by atoms with Gasteiger partial charge in [-0.3, -0.25) is 4.79 Å². The third kappa shape index (κ3) is 3.38. The number of Topliss-reactive ketones (excluding diaryl/α,β-unsaturated/α-hetero) is 1. The van der Waals surface area contributed by atoms with Crippen LogP contribution in [0.15, 0.2) is 24.0 Å². The first kappa shape index (κ1) is 24.7. The molecule has 178 valence electrons. The van der Waals surface area contributed by atoms with Crippen LogP contribution in [0.4, 0.5) is 0 Å². The van der Waals surface area contributed by atoms with Crippen molar-refractivity contribution < 1.29 is 4.79 Å². The van der Waals surface area contributed by atoms with E-state index >= 15 is 0 Å². The Balaban J connectivity index is 0.00000267. The smallest absolute Gasteiger partial charge is 0.664 e. The summed E-state index contributed by atoms with van der Waals surface area (Å²) in [6.45, 7) is 16.5. The molecule has 36 heavy (non-hydrogen) atoms. The zero-order valence-corrected chi connectivity index (χ0v) is 23.1. The molecule has 1 fully saturated rings. The second-order valence-corrected chi connectivity index (χ2v) is 10.2. The molecule has 0 spiro atoms. The van der Waals surface area contributed by atoms with Gasteiger partial charge in [0.05, 0.1) is 0 Å². The number of aryl methyl sites for hydroxylation is 1. The van der Waals surface area contributed by atoms with Crippen LogP contribution in [0.5, 0.6) is 0 Å². The molecule has 5 nitrogen and oxygen atoms in total. The number of hydrogen-bond acceptors (Lipinski definition) is 1. The molecule has 5 heterocycles. The van der Waals surface area contributed by atoms with E-state index in [9.17, 15) is 4.79 Å². The summed E-state index contributed by atoms with van der Waals surface area (Å²) in [6, 6.07) is 2.06. The molecule has 3 aromatic heterocycles. The summed E-state index contributed by atoms with van der Waals surface area (Å²) in [5.41, 5.74) is 11.1. The Kier molecular flexibility index (Phi) is 5.88. The Bertz CT molecular complexity index is 1640. The van der Waals surface area contributed by atoms with Crippen molar-refractivity contribution in [3.63, 3.8) is 0 Å². The zero-order valence-electron chi connectivity index (χ0n) is 21.7. The molecule has 0 radical (unpaired) electrons. The van der Waals surface area contributed by atoms with Gasteiger partial charge in [0.25, 0.3) is 0 Å². The number of carbonyl (C=O) groups excluding carboxylic acids is 1. The van der Waals surface area contributed by atoms with Crippen LogP contribution < -0.4 is 25.7 Å². The molecule has 0 amide bonds. The quantitative estimate of drug-likeness (QED) is 0.490. The molecule has 3 atom stereocenters. The van der Waals surface area contributed by atoms with Gasteiger partial charge >= 0.3 is 23.1 Å². The first-order chi connectivity index (χ1) is 16.7. The van der Waals surface area contributed by atoms with Gasteiger partial charge < -0.3 is 20.3 Å². The minimum atomic E-state index is -0.245. The van der Waals surface area contributed by atoms with Crippen molar-refractivity contribution in [3.05, 3.63) is 90.6 Å². The van der Waals surface area contributed by atoms with Crippen LogP contribution >= 0.6 is 0 Å². The third-order valence-corrected chi connectivity index (χ3v) is 8.10. The Labute approximate surface area is 227 Å². The maximum atomic E-state index is 13.4. The molecule has 0 unspecified atom stereocenters. The van der Waals surface area contributed by atoms with Crippen molar-refractivity contribution in [1.82, 2.24) is 15.0 Å². The number of ketones is 1. The largest absolute Gasteiger partial charge is 2.00 e. The molecule has 6 rings (SSSR count). The van der Waals surface area contributed by atoms with E-state index in [4.69, 9.17) is 20.3 Å². The van der Waals surface area contributed by atoms with Gasteiger partial charge in [-0.2, -0.15) is 11.4 Å².